The third kappa shape index (κ3) is 4.20. The summed E-state index contributed by atoms with van der Waals surface area (Å²) < 4.78 is 38.4. The maximum Gasteiger partial charge on any atom is 0.416 e. The van der Waals surface area contributed by atoms with Crippen molar-refractivity contribution in [1.82, 2.24) is 9.80 Å². The molecule has 2 aromatic carbocycles. The van der Waals surface area contributed by atoms with Crippen LogP contribution in [0.15, 0.2) is 48.5 Å². The first-order valence-electron chi connectivity index (χ1n) is 10.1. The van der Waals surface area contributed by atoms with E-state index in [-0.39, 0.29) is 18.2 Å². The molecular formula is C23H23F3N2O2. The molecule has 0 bridgehead atoms. The molecule has 1 fully saturated rings. The van der Waals surface area contributed by atoms with Crippen LogP contribution in [-0.4, -0.2) is 40.7 Å². The van der Waals surface area contributed by atoms with Crippen molar-refractivity contribution in [2.45, 2.75) is 44.4 Å². The van der Waals surface area contributed by atoms with E-state index < -0.39 is 17.8 Å². The molecule has 0 aromatic heterocycles. The minimum absolute atomic E-state index is 0.0376. The van der Waals surface area contributed by atoms with E-state index >= 15 is 0 Å². The Morgan fingerprint density at radius 1 is 0.933 bits per heavy atom. The van der Waals surface area contributed by atoms with Gasteiger partial charge in [0.1, 0.15) is 6.04 Å². The van der Waals surface area contributed by atoms with Gasteiger partial charge >= 0.3 is 6.18 Å². The second-order valence-corrected chi connectivity index (χ2v) is 7.91. The molecular weight excluding hydrogens is 393 g/mol. The fourth-order valence-corrected chi connectivity index (χ4v) is 4.24. The predicted molar refractivity (Wildman–Crippen MR) is 105 cm³/mol. The molecule has 1 atom stereocenters. The molecule has 1 saturated heterocycles. The largest absolute Gasteiger partial charge is 0.416 e. The zero-order valence-corrected chi connectivity index (χ0v) is 16.5. The van der Waals surface area contributed by atoms with Gasteiger partial charge in [0.15, 0.2) is 0 Å². The first-order chi connectivity index (χ1) is 14.3. The van der Waals surface area contributed by atoms with Crippen molar-refractivity contribution < 1.29 is 22.8 Å². The van der Waals surface area contributed by atoms with Crippen LogP contribution in [-0.2, 0) is 35.2 Å². The number of likely N-dealkylation sites (tertiary alicyclic amines) is 1. The Kier molecular flexibility index (Phi) is 5.54. The lowest BCUT2D eigenvalue weighted by Crippen LogP contribution is -2.53. The van der Waals surface area contributed by atoms with Gasteiger partial charge in [0.05, 0.1) is 12.0 Å². The van der Waals surface area contributed by atoms with E-state index in [9.17, 15) is 22.8 Å². The van der Waals surface area contributed by atoms with Crippen LogP contribution in [0.4, 0.5) is 13.2 Å². The summed E-state index contributed by atoms with van der Waals surface area (Å²) in [6.45, 7) is 1.75. The molecule has 2 amide bonds. The number of nitrogens with zero attached hydrogens (tertiary/aromatic N) is 2. The Bertz CT molecular complexity index is 934. The molecule has 0 radical (unpaired) electrons. The number of carbonyl (C=O) groups excluding carboxylic acids is 2. The molecule has 4 nitrogen and oxygen atoms in total. The minimum Gasteiger partial charge on any atom is -0.341 e. The van der Waals surface area contributed by atoms with Crippen LogP contribution in [0.2, 0.25) is 0 Å². The summed E-state index contributed by atoms with van der Waals surface area (Å²) in [6.07, 6.45) is -2.05. The van der Waals surface area contributed by atoms with E-state index in [1.165, 1.54) is 12.1 Å². The minimum atomic E-state index is -4.41. The second-order valence-electron chi connectivity index (χ2n) is 7.91. The number of benzene rings is 2. The summed E-state index contributed by atoms with van der Waals surface area (Å²) in [7, 11) is 0. The number of amides is 2. The number of alkyl halides is 3. The van der Waals surface area contributed by atoms with E-state index in [2.05, 4.69) is 0 Å². The summed E-state index contributed by atoms with van der Waals surface area (Å²) in [4.78, 5) is 29.7. The normalized spacial score (nSPS) is 19.0. The molecule has 0 N–H and O–H groups in total. The lowest BCUT2D eigenvalue weighted by molar-refractivity contribution is -0.146. The number of hydrogen-bond acceptors (Lipinski definition) is 2. The summed E-state index contributed by atoms with van der Waals surface area (Å²) >= 11 is 0. The van der Waals surface area contributed by atoms with Gasteiger partial charge in [-0.2, -0.15) is 13.2 Å². The van der Waals surface area contributed by atoms with E-state index in [1.54, 1.807) is 4.90 Å². The number of hydrogen-bond donors (Lipinski definition) is 0. The highest BCUT2D eigenvalue weighted by atomic mass is 19.4. The van der Waals surface area contributed by atoms with Crippen LogP contribution in [0.25, 0.3) is 0 Å². The predicted octanol–water partition coefficient (Wildman–Crippen LogP) is 3.82. The van der Waals surface area contributed by atoms with Crippen molar-refractivity contribution in [2.75, 3.05) is 13.1 Å². The van der Waals surface area contributed by atoms with Gasteiger partial charge in [-0.15, -0.1) is 0 Å². The van der Waals surface area contributed by atoms with Crippen molar-refractivity contribution >= 4 is 11.8 Å². The van der Waals surface area contributed by atoms with Crippen LogP contribution in [0, 0.1) is 0 Å². The standard InChI is InChI=1S/C23H23F3N2O2/c24-23(25,26)19-9-7-16(8-10-19)13-21(29)28-15-18-6-2-1-5-17(18)14-20(28)22(30)27-11-3-4-12-27/h1-2,5-10,20H,3-4,11-15H2/t20-/m0/s1. The molecule has 158 valence electrons. The number of halogens is 3. The zero-order valence-electron chi connectivity index (χ0n) is 16.5. The fourth-order valence-electron chi connectivity index (χ4n) is 4.24. The van der Waals surface area contributed by atoms with E-state index in [1.807, 2.05) is 29.2 Å². The highest BCUT2D eigenvalue weighted by Crippen LogP contribution is 2.30. The van der Waals surface area contributed by atoms with Gasteiger partial charge in [-0.25, -0.2) is 0 Å². The van der Waals surface area contributed by atoms with Crippen molar-refractivity contribution in [2.24, 2.45) is 0 Å². The lowest BCUT2D eigenvalue weighted by Gasteiger charge is -2.38. The quantitative estimate of drug-likeness (QED) is 0.763. The summed E-state index contributed by atoms with van der Waals surface area (Å²) in [5.41, 5.74) is 1.82. The average Bonchev–Trinajstić information content (AvgIpc) is 3.27. The molecule has 2 heterocycles. The Morgan fingerprint density at radius 3 is 2.20 bits per heavy atom. The third-order valence-electron chi connectivity index (χ3n) is 5.91. The molecule has 0 aliphatic carbocycles. The van der Waals surface area contributed by atoms with Crippen LogP contribution in [0.3, 0.4) is 0 Å². The Hall–Kier alpha value is -2.83. The smallest absolute Gasteiger partial charge is 0.341 e. The Balaban J connectivity index is 1.55. The highest BCUT2D eigenvalue weighted by Gasteiger charge is 2.37. The molecule has 2 aliphatic heterocycles. The van der Waals surface area contributed by atoms with Gasteiger partial charge < -0.3 is 9.80 Å². The van der Waals surface area contributed by atoms with Crippen molar-refractivity contribution in [3.8, 4) is 0 Å². The SMILES string of the molecule is O=C([C@@H]1Cc2ccccc2CN1C(=O)Cc1ccc(C(F)(F)F)cc1)N1CCCC1. The summed E-state index contributed by atoms with van der Waals surface area (Å²) in [5.74, 6) is -0.287. The molecule has 0 saturated carbocycles. The van der Waals surface area contributed by atoms with Gasteiger partial charge in [-0.1, -0.05) is 36.4 Å². The maximum atomic E-state index is 13.1. The van der Waals surface area contributed by atoms with Crippen molar-refractivity contribution in [1.29, 1.82) is 0 Å². The zero-order chi connectivity index (χ0) is 21.3. The topological polar surface area (TPSA) is 40.6 Å². The van der Waals surface area contributed by atoms with Gasteiger partial charge in [0, 0.05) is 26.1 Å². The Labute approximate surface area is 173 Å². The van der Waals surface area contributed by atoms with Crippen LogP contribution in [0.5, 0.6) is 0 Å². The first-order valence-corrected chi connectivity index (χ1v) is 10.1. The van der Waals surface area contributed by atoms with Crippen LogP contribution >= 0.6 is 0 Å². The molecule has 7 heteroatoms. The monoisotopic (exact) mass is 416 g/mol. The lowest BCUT2D eigenvalue weighted by atomic mass is 9.92. The van der Waals surface area contributed by atoms with Crippen LogP contribution < -0.4 is 0 Å². The summed E-state index contributed by atoms with van der Waals surface area (Å²) in [6, 6.07) is 11.8. The molecule has 0 spiro atoms. The summed E-state index contributed by atoms with van der Waals surface area (Å²) in [5, 5.41) is 0. The first kappa shape index (κ1) is 20.4. The molecule has 2 aromatic rings. The molecule has 30 heavy (non-hydrogen) atoms. The third-order valence-corrected chi connectivity index (χ3v) is 5.91. The van der Waals surface area contributed by atoms with E-state index in [0.717, 1.165) is 36.1 Å². The van der Waals surface area contributed by atoms with E-state index in [0.29, 0.717) is 31.6 Å². The van der Waals surface area contributed by atoms with Gasteiger partial charge in [-0.3, -0.25) is 9.59 Å². The molecule has 4 rings (SSSR count). The van der Waals surface area contributed by atoms with Crippen molar-refractivity contribution in [3.63, 3.8) is 0 Å². The number of fused-ring (bicyclic) bond motifs is 1. The van der Waals surface area contributed by atoms with Crippen molar-refractivity contribution in [3.05, 3.63) is 70.8 Å². The maximum absolute atomic E-state index is 13.1. The highest BCUT2D eigenvalue weighted by molar-refractivity contribution is 5.89. The molecule has 0 unspecified atom stereocenters. The Morgan fingerprint density at radius 2 is 1.57 bits per heavy atom. The fraction of sp³-hybridized carbons (Fsp3) is 0.391. The second kappa shape index (κ2) is 8.13. The van der Waals surface area contributed by atoms with Gasteiger partial charge in [0.25, 0.3) is 0 Å². The average molecular weight is 416 g/mol. The van der Waals surface area contributed by atoms with Gasteiger partial charge in [-0.05, 0) is 41.7 Å². The number of carbonyl (C=O) groups is 2. The molecule has 2 aliphatic rings. The van der Waals surface area contributed by atoms with Crippen LogP contribution in [0.1, 0.15) is 35.1 Å². The van der Waals surface area contributed by atoms with Gasteiger partial charge in [0.2, 0.25) is 11.8 Å². The number of rotatable bonds is 3. The van der Waals surface area contributed by atoms with E-state index in [4.69, 9.17) is 0 Å².